The zero-order valence-electron chi connectivity index (χ0n) is 10.5. The van der Waals surface area contributed by atoms with Gasteiger partial charge >= 0.3 is 0 Å². The highest BCUT2D eigenvalue weighted by Crippen LogP contribution is 1.93. The minimum Gasteiger partial charge on any atom is -0.381 e. The summed E-state index contributed by atoms with van der Waals surface area (Å²) >= 11 is 0. The third-order valence-corrected chi connectivity index (χ3v) is 2.17. The van der Waals surface area contributed by atoms with Crippen LogP contribution in [-0.4, -0.2) is 40.8 Å². The Morgan fingerprint density at radius 3 is 2.88 bits per heavy atom. The molecule has 0 fully saturated rings. The summed E-state index contributed by atoms with van der Waals surface area (Å²) in [7, 11) is 0. The van der Waals surface area contributed by atoms with Gasteiger partial charge in [0.1, 0.15) is 5.82 Å². The summed E-state index contributed by atoms with van der Waals surface area (Å²) in [6.07, 6.45) is 2.56. The van der Waals surface area contributed by atoms with Crippen LogP contribution in [0.25, 0.3) is 0 Å². The third kappa shape index (κ3) is 4.95. The Labute approximate surface area is 101 Å². The maximum atomic E-state index is 11.6. The van der Waals surface area contributed by atoms with Gasteiger partial charge in [0.2, 0.25) is 5.82 Å². The molecule has 0 aliphatic heterocycles. The van der Waals surface area contributed by atoms with E-state index in [2.05, 4.69) is 27.4 Å². The summed E-state index contributed by atoms with van der Waals surface area (Å²) < 4.78 is 5.30. The van der Waals surface area contributed by atoms with Crippen LogP contribution in [-0.2, 0) is 11.2 Å². The molecule has 0 aromatic carbocycles. The second-order valence-electron chi connectivity index (χ2n) is 3.68. The first-order chi connectivity index (χ1) is 8.27. The van der Waals surface area contributed by atoms with Crippen molar-refractivity contribution in [1.82, 2.24) is 20.5 Å². The molecule has 6 heteroatoms. The molecule has 0 radical (unpaired) electrons. The molecule has 1 rings (SSSR count). The molecule has 0 aliphatic carbocycles. The quantitative estimate of drug-likeness (QED) is 0.662. The molecular weight excluding hydrogens is 220 g/mol. The highest BCUT2D eigenvalue weighted by atomic mass is 16.5. The van der Waals surface area contributed by atoms with Crippen LogP contribution in [0, 0.1) is 0 Å². The van der Waals surface area contributed by atoms with E-state index in [9.17, 15) is 4.79 Å². The lowest BCUT2D eigenvalue weighted by atomic mass is 10.4. The van der Waals surface area contributed by atoms with Crippen LogP contribution in [0.4, 0.5) is 0 Å². The summed E-state index contributed by atoms with van der Waals surface area (Å²) in [4.78, 5) is 15.6. The molecule has 0 bridgehead atoms. The van der Waals surface area contributed by atoms with Gasteiger partial charge in [0.25, 0.3) is 5.91 Å². The molecular formula is C11H20N4O2. The van der Waals surface area contributed by atoms with E-state index in [4.69, 9.17) is 4.74 Å². The minimum atomic E-state index is -0.239. The van der Waals surface area contributed by atoms with Crippen molar-refractivity contribution in [3.63, 3.8) is 0 Å². The highest BCUT2D eigenvalue weighted by Gasteiger charge is 2.10. The van der Waals surface area contributed by atoms with Gasteiger partial charge in [0, 0.05) is 26.2 Å². The minimum absolute atomic E-state index is 0.205. The first-order valence-electron chi connectivity index (χ1n) is 6.05. The first kappa shape index (κ1) is 13.6. The number of aryl methyl sites for hydroxylation is 1. The van der Waals surface area contributed by atoms with Gasteiger partial charge in [-0.1, -0.05) is 13.8 Å². The summed E-state index contributed by atoms with van der Waals surface area (Å²) in [6, 6.07) is 0. The Morgan fingerprint density at radius 1 is 1.41 bits per heavy atom. The van der Waals surface area contributed by atoms with Crippen LogP contribution in [0.15, 0.2) is 0 Å². The number of nitrogens with one attached hydrogen (secondary N) is 2. The van der Waals surface area contributed by atoms with Crippen molar-refractivity contribution in [1.29, 1.82) is 0 Å². The van der Waals surface area contributed by atoms with E-state index >= 15 is 0 Å². The Hall–Kier alpha value is -1.43. The molecule has 17 heavy (non-hydrogen) atoms. The van der Waals surface area contributed by atoms with Crippen molar-refractivity contribution in [3.05, 3.63) is 11.6 Å². The fourth-order valence-corrected chi connectivity index (χ4v) is 1.26. The van der Waals surface area contributed by atoms with Crippen molar-refractivity contribution in [2.45, 2.75) is 33.1 Å². The monoisotopic (exact) mass is 240 g/mol. The molecule has 1 aromatic rings. The number of carbonyl (C=O) groups excluding carboxylic acids is 1. The van der Waals surface area contributed by atoms with Crippen LogP contribution in [0.3, 0.4) is 0 Å². The first-order valence-corrected chi connectivity index (χ1v) is 6.05. The molecule has 96 valence electrons. The van der Waals surface area contributed by atoms with Crippen molar-refractivity contribution in [2.75, 3.05) is 19.8 Å². The van der Waals surface area contributed by atoms with E-state index < -0.39 is 0 Å². The van der Waals surface area contributed by atoms with E-state index in [0.29, 0.717) is 13.2 Å². The van der Waals surface area contributed by atoms with Gasteiger partial charge in [-0.05, 0) is 12.8 Å². The molecule has 0 aliphatic rings. The van der Waals surface area contributed by atoms with Crippen LogP contribution in [0.1, 0.15) is 43.1 Å². The molecule has 1 aromatic heterocycles. The Bertz CT molecular complexity index is 338. The summed E-state index contributed by atoms with van der Waals surface area (Å²) in [6.45, 7) is 6.04. The lowest BCUT2D eigenvalue weighted by Crippen LogP contribution is -2.26. The number of H-pyrrole nitrogens is 1. The fourth-order valence-electron chi connectivity index (χ4n) is 1.26. The van der Waals surface area contributed by atoms with Gasteiger partial charge in [0.15, 0.2) is 0 Å². The topological polar surface area (TPSA) is 79.9 Å². The Balaban J connectivity index is 2.16. The second kappa shape index (κ2) is 7.78. The summed E-state index contributed by atoms with van der Waals surface area (Å²) in [5, 5.41) is 9.29. The normalized spacial score (nSPS) is 10.5. The number of aromatic amines is 1. The Kier molecular flexibility index (Phi) is 6.24. The number of hydrogen-bond acceptors (Lipinski definition) is 4. The average molecular weight is 240 g/mol. The third-order valence-electron chi connectivity index (χ3n) is 2.17. The number of hydrogen-bond donors (Lipinski definition) is 2. The maximum Gasteiger partial charge on any atom is 0.290 e. The second-order valence-corrected chi connectivity index (χ2v) is 3.68. The van der Waals surface area contributed by atoms with Crippen LogP contribution >= 0.6 is 0 Å². The molecule has 0 saturated heterocycles. The number of carbonyl (C=O) groups is 1. The van der Waals surface area contributed by atoms with E-state index in [-0.39, 0.29) is 11.7 Å². The van der Waals surface area contributed by atoms with Crippen LogP contribution in [0.2, 0.25) is 0 Å². The van der Waals surface area contributed by atoms with Crippen molar-refractivity contribution < 1.29 is 9.53 Å². The SMILES string of the molecule is CCCOCCCNC(=O)c1n[nH]c(CC)n1. The Morgan fingerprint density at radius 2 is 2.24 bits per heavy atom. The molecule has 1 heterocycles. The smallest absolute Gasteiger partial charge is 0.290 e. The van der Waals surface area contributed by atoms with Crippen LogP contribution < -0.4 is 5.32 Å². The number of aromatic nitrogens is 3. The lowest BCUT2D eigenvalue weighted by Gasteiger charge is -2.03. The van der Waals surface area contributed by atoms with Crippen LogP contribution in [0.5, 0.6) is 0 Å². The van der Waals surface area contributed by atoms with E-state index in [1.54, 1.807) is 0 Å². The molecule has 0 saturated carbocycles. The maximum absolute atomic E-state index is 11.6. The average Bonchev–Trinajstić information content (AvgIpc) is 2.82. The molecule has 0 unspecified atom stereocenters. The summed E-state index contributed by atoms with van der Waals surface area (Å²) in [5.74, 6) is 0.689. The number of rotatable bonds is 8. The molecule has 1 amide bonds. The molecule has 6 nitrogen and oxygen atoms in total. The standard InChI is InChI=1S/C11H20N4O2/c1-3-7-17-8-5-6-12-11(16)10-13-9(4-2)14-15-10/h3-8H2,1-2H3,(H,12,16)(H,13,14,15). The molecule has 0 spiro atoms. The predicted octanol–water partition coefficient (Wildman–Crippen LogP) is 0.914. The number of nitrogens with zero attached hydrogens (tertiary/aromatic N) is 2. The largest absolute Gasteiger partial charge is 0.381 e. The zero-order valence-corrected chi connectivity index (χ0v) is 10.5. The summed E-state index contributed by atoms with van der Waals surface area (Å²) in [5.41, 5.74) is 0. The van der Waals surface area contributed by atoms with Gasteiger partial charge < -0.3 is 10.1 Å². The van der Waals surface area contributed by atoms with Crippen molar-refractivity contribution >= 4 is 5.91 Å². The van der Waals surface area contributed by atoms with E-state index in [0.717, 1.165) is 31.7 Å². The number of ether oxygens (including phenoxy) is 1. The zero-order chi connectivity index (χ0) is 12.5. The van der Waals surface area contributed by atoms with E-state index in [1.807, 2.05) is 6.92 Å². The van der Waals surface area contributed by atoms with E-state index in [1.165, 1.54) is 0 Å². The van der Waals surface area contributed by atoms with Crippen molar-refractivity contribution in [2.24, 2.45) is 0 Å². The predicted molar refractivity (Wildman–Crippen MR) is 63.8 cm³/mol. The van der Waals surface area contributed by atoms with Gasteiger partial charge in [-0.3, -0.25) is 9.89 Å². The van der Waals surface area contributed by atoms with Crippen molar-refractivity contribution in [3.8, 4) is 0 Å². The van der Waals surface area contributed by atoms with Gasteiger partial charge in [-0.25, -0.2) is 4.98 Å². The fraction of sp³-hybridized carbons (Fsp3) is 0.727. The van der Waals surface area contributed by atoms with Gasteiger partial charge in [0.05, 0.1) is 0 Å². The highest BCUT2D eigenvalue weighted by molar-refractivity contribution is 5.90. The van der Waals surface area contributed by atoms with Gasteiger partial charge in [-0.15, -0.1) is 5.10 Å². The lowest BCUT2D eigenvalue weighted by molar-refractivity contribution is 0.0931. The number of amides is 1. The molecule has 0 atom stereocenters. The van der Waals surface area contributed by atoms with Gasteiger partial charge in [-0.2, -0.15) is 0 Å². The molecule has 2 N–H and O–H groups in total.